The summed E-state index contributed by atoms with van der Waals surface area (Å²) in [6.45, 7) is 10.3. The predicted molar refractivity (Wildman–Crippen MR) is 244 cm³/mol. The maximum Gasteiger partial charge on any atom is 0.251 e. The number of benzene rings is 2. The molecule has 3 aliphatic rings. The molecule has 0 bridgehead atoms. The number of carbonyl (C=O) groups excluding carboxylic acids is 3. The van der Waals surface area contributed by atoms with Crippen molar-refractivity contribution in [3.05, 3.63) is 106 Å². The van der Waals surface area contributed by atoms with E-state index >= 15 is 0 Å². The van der Waals surface area contributed by atoms with Crippen LogP contribution in [0.1, 0.15) is 81.1 Å². The summed E-state index contributed by atoms with van der Waals surface area (Å²) >= 11 is 1.57. The summed E-state index contributed by atoms with van der Waals surface area (Å²) in [5.74, 6) is -0.753. The average molecular weight is 915 g/mol. The maximum atomic E-state index is 14.0. The number of likely N-dealkylation sites (tertiary alicyclic amines) is 1. The standard InChI is InChI=1S/C49H60F2N6O7S/c1-30-21-38-37-10-7-6-9-34(37)22-39(38)44(56(30)27-42(50)51)40-16-15-36(25-52-40)64-20-19-62-17-8-18-63-28-43(59)55-46(49(3,4)5)48(61)57-26-35(58)23-41(57)47(60)53-24-32-11-13-33(14-12-32)45-31(2)54-29-65-45/h6-7,9-16,25,29-30,35,41-42,44,46,58H,8,17-24,26-28H2,1-5H3,(H,53,60)(H,55,59)/t30-,35-,41+,44+,46-/m1/s1. The highest BCUT2D eigenvalue weighted by Gasteiger charge is 2.45. The second-order valence-corrected chi connectivity index (χ2v) is 19.0. The highest BCUT2D eigenvalue weighted by atomic mass is 32.1. The predicted octanol–water partition coefficient (Wildman–Crippen LogP) is 6.54. The van der Waals surface area contributed by atoms with Gasteiger partial charge in [-0.05, 0) is 84.1 Å². The van der Waals surface area contributed by atoms with E-state index in [1.165, 1.54) is 21.6 Å². The number of aryl methyl sites for hydroxylation is 1. The maximum absolute atomic E-state index is 14.0. The number of rotatable bonds is 19. The van der Waals surface area contributed by atoms with Crippen LogP contribution in [0.2, 0.25) is 0 Å². The molecule has 0 unspecified atom stereocenters. The van der Waals surface area contributed by atoms with Crippen LogP contribution in [0.15, 0.2) is 77.9 Å². The van der Waals surface area contributed by atoms with Crippen molar-refractivity contribution in [3.63, 3.8) is 0 Å². The van der Waals surface area contributed by atoms with Crippen LogP contribution in [-0.2, 0) is 36.8 Å². The summed E-state index contributed by atoms with van der Waals surface area (Å²) in [7, 11) is 0. The lowest BCUT2D eigenvalue weighted by molar-refractivity contribution is -0.144. The molecule has 348 valence electrons. The second-order valence-electron chi connectivity index (χ2n) is 18.1. The van der Waals surface area contributed by atoms with Crippen molar-refractivity contribution in [2.75, 3.05) is 46.1 Å². The molecule has 2 aromatic heterocycles. The van der Waals surface area contributed by atoms with Crippen LogP contribution >= 0.6 is 11.3 Å². The van der Waals surface area contributed by atoms with Gasteiger partial charge in [0, 0.05) is 38.8 Å². The number of hydrogen-bond acceptors (Lipinski definition) is 11. The Morgan fingerprint density at radius 3 is 2.46 bits per heavy atom. The Bertz CT molecular complexity index is 2300. The minimum Gasteiger partial charge on any atom is -0.490 e. The van der Waals surface area contributed by atoms with Crippen LogP contribution in [0.25, 0.3) is 16.0 Å². The number of nitrogens with zero attached hydrogens (tertiary/aromatic N) is 4. The summed E-state index contributed by atoms with van der Waals surface area (Å²) in [5.41, 5.74) is 9.53. The molecule has 3 amide bonds. The van der Waals surface area contributed by atoms with Gasteiger partial charge < -0.3 is 34.9 Å². The molecular formula is C49H60F2N6O7S. The summed E-state index contributed by atoms with van der Waals surface area (Å²) in [5, 5.41) is 16.3. The number of halogens is 2. The lowest BCUT2D eigenvalue weighted by atomic mass is 9.85. The quantitative estimate of drug-likeness (QED) is 0.0885. The molecule has 4 aromatic rings. The molecular weight excluding hydrogens is 855 g/mol. The zero-order chi connectivity index (χ0) is 46.3. The van der Waals surface area contributed by atoms with Gasteiger partial charge in [0.1, 0.15) is 31.0 Å². The van der Waals surface area contributed by atoms with Gasteiger partial charge in [-0.2, -0.15) is 0 Å². The number of alkyl halides is 2. The highest BCUT2D eigenvalue weighted by Crippen LogP contribution is 2.48. The minimum absolute atomic E-state index is 0.0213. The number of nitrogens with one attached hydrogen (secondary N) is 2. The first-order valence-electron chi connectivity index (χ1n) is 22.3. The van der Waals surface area contributed by atoms with E-state index in [9.17, 15) is 28.3 Å². The number of hydrogen-bond donors (Lipinski definition) is 3. The lowest BCUT2D eigenvalue weighted by Crippen LogP contribution is -2.58. The molecule has 2 aromatic carbocycles. The number of aromatic nitrogens is 2. The van der Waals surface area contributed by atoms with Gasteiger partial charge >= 0.3 is 0 Å². The Morgan fingerprint density at radius 1 is 0.985 bits per heavy atom. The number of β-amino-alcohol motifs (C(OH)–C–C–N with tert-alkyl or cyclic N) is 1. The number of thiazole rings is 1. The van der Waals surface area contributed by atoms with E-state index in [-0.39, 0.29) is 63.9 Å². The number of aliphatic hydroxyl groups excluding tert-OH is 1. The van der Waals surface area contributed by atoms with Crippen molar-refractivity contribution >= 4 is 34.6 Å². The van der Waals surface area contributed by atoms with E-state index in [1.807, 2.05) is 93.6 Å². The molecule has 4 heterocycles. The van der Waals surface area contributed by atoms with Gasteiger partial charge in [-0.25, -0.2) is 13.8 Å². The van der Waals surface area contributed by atoms with E-state index in [0.29, 0.717) is 31.1 Å². The fourth-order valence-electron chi connectivity index (χ4n) is 8.99. The number of amides is 3. The number of fused-ring (bicyclic) bond motifs is 2. The third-order valence-electron chi connectivity index (χ3n) is 12.2. The number of ether oxygens (including phenoxy) is 3. The molecule has 0 saturated carbocycles. The summed E-state index contributed by atoms with van der Waals surface area (Å²) in [4.78, 5) is 53.7. The van der Waals surface area contributed by atoms with Gasteiger partial charge in [0.25, 0.3) is 6.43 Å². The van der Waals surface area contributed by atoms with Crippen LogP contribution < -0.4 is 15.4 Å². The van der Waals surface area contributed by atoms with E-state index in [2.05, 4.69) is 27.8 Å². The monoisotopic (exact) mass is 914 g/mol. The van der Waals surface area contributed by atoms with Gasteiger partial charge in [-0.15, -0.1) is 11.3 Å². The minimum atomic E-state index is -2.46. The molecule has 7 rings (SSSR count). The Balaban J connectivity index is 0.812. The normalized spacial score (nSPS) is 20.2. The van der Waals surface area contributed by atoms with Gasteiger partial charge in [-0.3, -0.25) is 24.3 Å². The van der Waals surface area contributed by atoms with Gasteiger partial charge in [0.2, 0.25) is 17.7 Å². The first-order chi connectivity index (χ1) is 31.2. The van der Waals surface area contributed by atoms with E-state index in [0.717, 1.165) is 40.1 Å². The third kappa shape index (κ3) is 11.8. The van der Waals surface area contributed by atoms with E-state index in [1.54, 1.807) is 17.5 Å². The fourth-order valence-corrected chi connectivity index (χ4v) is 9.80. The SMILES string of the molecule is Cc1ncsc1-c1ccc(CNC(=O)[C@@H]2C[C@@H](O)CN2C(=O)[C@@H](NC(=O)COCCCOCCOc2ccc([C@@H]3C4=C(C[C@@H](C)N3CC(F)F)c3ccccc3C4)nc2)C(C)(C)C)cc1. The van der Waals surface area contributed by atoms with Crippen LogP contribution in [0.4, 0.5) is 8.78 Å². The molecule has 0 radical (unpaired) electrons. The van der Waals surface area contributed by atoms with Crippen molar-refractivity contribution in [2.24, 2.45) is 5.41 Å². The second kappa shape index (κ2) is 21.5. The lowest BCUT2D eigenvalue weighted by Gasteiger charge is -2.41. The molecule has 5 atom stereocenters. The first-order valence-corrected chi connectivity index (χ1v) is 23.2. The Kier molecular flexibility index (Phi) is 15.8. The van der Waals surface area contributed by atoms with Gasteiger partial charge in [-0.1, -0.05) is 69.3 Å². The number of pyridine rings is 1. The molecule has 0 spiro atoms. The summed E-state index contributed by atoms with van der Waals surface area (Å²) in [6.07, 6.45) is 0.345. The van der Waals surface area contributed by atoms with E-state index in [4.69, 9.17) is 19.2 Å². The molecule has 3 N–H and O–H groups in total. The molecule has 2 aliphatic heterocycles. The molecule has 1 fully saturated rings. The van der Waals surface area contributed by atoms with Crippen molar-refractivity contribution in [3.8, 4) is 16.2 Å². The fraction of sp³-hybridized carbons (Fsp3) is 0.490. The topological polar surface area (TPSA) is 155 Å². The van der Waals surface area contributed by atoms with Crippen LogP contribution in [0.5, 0.6) is 5.75 Å². The van der Waals surface area contributed by atoms with Crippen molar-refractivity contribution in [1.29, 1.82) is 0 Å². The van der Waals surface area contributed by atoms with Crippen molar-refractivity contribution in [2.45, 2.75) is 104 Å². The van der Waals surface area contributed by atoms with Crippen molar-refractivity contribution in [1.82, 2.24) is 30.4 Å². The van der Waals surface area contributed by atoms with Gasteiger partial charge in [0.05, 0.1) is 53.3 Å². The molecule has 1 saturated heterocycles. The number of carbonyl (C=O) groups is 3. The molecule has 65 heavy (non-hydrogen) atoms. The smallest absolute Gasteiger partial charge is 0.251 e. The zero-order valence-electron chi connectivity index (χ0n) is 37.7. The Labute approximate surface area is 383 Å². The molecule has 13 nitrogen and oxygen atoms in total. The largest absolute Gasteiger partial charge is 0.490 e. The highest BCUT2D eigenvalue weighted by molar-refractivity contribution is 7.13. The van der Waals surface area contributed by atoms with Gasteiger partial charge in [0.15, 0.2) is 0 Å². The van der Waals surface area contributed by atoms with Crippen LogP contribution in [0.3, 0.4) is 0 Å². The Morgan fingerprint density at radius 2 is 1.75 bits per heavy atom. The summed E-state index contributed by atoms with van der Waals surface area (Å²) in [6, 6.07) is 17.5. The van der Waals surface area contributed by atoms with E-state index < -0.39 is 41.8 Å². The first kappa shape index (κ1) is 47.8. The third-order valence-corrected chi connectivity index (χ3v) is 13.2. The van der Waals surface area contributed by atoms with Crippen molar-refractivity contribution < 1.29 is 42.5 Å². The Hall–Kier alpha value is -5.13. The zero-order valence-corrected chi connectivity index (χ0v) is 38.5. The van der Waals surface area contributed by atoms with Crippen LogP contribution in [-0.4, -0.2) is 119 Å². The number of aliphatic hydroxyl groups is 1. The van der Waals surface area contributed by atoms with Crippen LogP contribution in [0, 0.1) is 12.3 Å². The molecule has 16 heteroatoms. The summed E-state index contributed by atoms with van der Waals surface area (Å²) < 4.78 is 44.7. The molecule has 1 aliphatic carbocycles. The average Bonchev–Trinajstić information content (AvgIpc) is 4.00.